The second-order valence-corrected chi connectivity index (χ2v) is 6.04. The van der Waals surface area contributed by atoms with Crippen molar-refractivity contribution < 1.29 is 9.90 Å². The average molecular weight is 317 g/mol. The highest BCUT2D eigenvalue weighted by atomic mass is 16.4. The predicted octanol–water partition coefficient (Wildman–Crippen LogP) is 4.58. The molecule has 1 N–H and O–H groups in total. The maximum Gasteiger partial charge on any atom is 0.354 e. The lowest BCUT2D eigenvalue weighted by Crippen LogP contribution is -2.06. The van der Waals surface area contributed by atoms with Gasteiger partial charge in [-0.25, -0.2) is 9.78 Å². The van der Waals surface area contributed by atoms with Crippen molar-refractivity contribution in [2.24, 2.45) is 0 Å². The van der Waals surface area contributed by atoms with Gasteiger partial charge in [0.2, 0.25) is 0 Å². The van der Waals surface area contributed by atoms with E-state index in [0.717, 1.165) is 16.7 Å². The summed E-state index contributed by atoms with van der Waals surface area (Å²) in [4.78, 5) is 15.1. The van der Waals surface area contributed by atoms with Crippen LogP contribution >= 0.6 is 0 Å². The zero-order chi connectivity index (χ0) is 17.1. The van der Waals surface area contributed by atoms with Gasteiger partial charge in [-0.15, -0.1) is 0 Å². The molecule has 0 aliphatic heterocycles. The number of carbonyl (C=O) groups is 1. The summed E-state index contributed by atoms with van der Waals surface area (Å²) in [7, 11) is 0. The predicted molar refractivity (Wildman–Crippen MR) is 94.5 cm³/mol. The van der Waals surface area contributed by atoms with Gasteiger partial charge in [-0.05, 0) is 36.6 Å². The minimum Gasteiger partial charge on any atom is -0.477 e. The summed E-state index contributed by atoms with van der Waals surface area (Å²) >= 11 is 0. The second kappa shape index (κ2) is 6.67. The van der Waals surface area contributed by atoms with Crippen LogP contribution in [-0.4, -0.2) is 16.1 Å². The number of nitrogens with zero attached hydrogens (tertiary/aromatic N) is 1. The molecule has 0 amide bonds. The van der Waals surface area contributed by atoms with Crippen LogP contribution in [-0.2, 0) is 0 Å². The fourth-order valence-corrected chi connectivity index (χ4v) is 2.80. The second-order valence-electron chi connectivity index (χ2n) is 6.04. The first-order valence-electron chi connectivity index (χ1n) is 7.87. The normalized spacial score (nSPS) is 10.8. The largest absolute Gasteiger partial charge is 0.477 e. The monoisotopic (exact) mass is 317 g/mol. The van der Waals surface area contributed by atoms with E-state index in [9.17, 15) is 4.79 Å². The standard InChI is InChI=1S/C21H19NO2/c1-14-3-7-16(8-4-14)20(17-9-5-15(2)6-10-17)18-11-12-19(21(23)24)22-13-18/h3-13,20H,1-2H3,(H,23,24). The van der Waals surface area contributed by atoms with Crippen LogP contribution in [0.3, 0.4) is 0 Å². The number of hydrogen-bond acceptors (Lipinski definition) is 2. The molecule has 3 aromatic rings. The van der Waals surface area contributed by atoms with E-state index in [0.29, 0.717) is 0 Å². The van der Waals surface area contributed by atoms with Crippen molar-refractivity contribution in [3.63, 3.8) is 0 Å². The summed E-state index contributed by atoms with van der Waals surface area (Å²) in [5.74, 6) is -0.981. The molecule has 0 saturated heterocycles. The molecule has 1 aromatic heterocycles. The first kappa shape index (κ1) is 15.9. The van der Waals surface area contributed by atoms with Gasteiger partial charge in [0, 0.05) is 12.1 Å². The molecule has 0 aliphatic rings. The Balaban J connectivity index is 2.08. The van der Waals surface area contributed by atoms with E-state index in [1.165, 1.54) is 11.1 Å². The number of aromatic nitrogens is 1. The fraction of sp³-hybridized carbons (Fsp3) is 0.143. The van der Waals surface area contributed by atoms with Crippen molar-refractivity contribution >= 4 is 5.97 Å². The van der Waals surface area contributed by atoms with Gasteiger partial charge in [0.05, 0.1) is 0 Å². The van der Waals surface area contributed by atoms with Gasteiger partial charge in [-0.3, -0.25) is 0 Å². The number of carboxylic acid groups (broad SMARTS) is 1. The van der Waals surface area contributed by atoms with Crippen LogP contribution in [0.4, 0.5) is 0 Å². The fourth-order valence-electron chi connectivity index (χ4n) is 2.80. The summed E-state index contributed by atoms with van der Waals surface area (Å²) in [6.45, 7) is 4.13. The molecule has 0 aliphatic carbocycles. The molecule has 120 valence electrons. The smallest absolute Gasteiger partial charge is 0.354 e. The topological polar surface area (TPSA) is 50.2 Å². The van der Waals surface area contributed by atoms with E-state index in [1.807, 2.05) is 6.07 Å². The Bertz CT molecular complexity index is 789. The zero-order valence-corrected chi connectivity index (χ0v) is 13.7. The third-order valence-corrected chi connectivity index (χ3v) is 4.16. The Kier molecular flexibility index (Phi) is 4.43. The van der Waals surface area contributed by atoms with Gasteiger partial charge in [-0.1, -0.05) is 65.7 Å². The molecule has 1 heterocycles. The highest BCUT2D eigenvalue weighted by Gasteiger charge is 2.17. The first-order chi connectivity index (χ1) is 11.5. The number of pyridine rings is 1. The number of aryl methyl sites for hydroxylation is 2. The van der Waals surface area contributed by atoms with Crippen LogP contribution < -0.4 is 0 Å². The van der Waals surface area contributed by atoms with Gasteiger partial charge in [-0.2, -0.15) is 0 Å². The highest BCUT2D eigenvalue weighted by Crippen LogP contribution is 2.32. The molecule has 0 saturated carbocycles. The van der Waals surface area contributed by atoms with Crippen LogP contribution in [0.2, 0.25) is 0 Å². The van der Waals surface area contributed by atoms with Crippen LogP contribution in [0.15, 0.2) is 66.9 Å². The van der Waals surface area contributed by atoms with E-state index >= 15 is 0 Å². The molecule has 24 heavy (non-hydrogen) atoms. The number of rotatable bonds is 4. The molecule has 0 fully saturated rings. The molecule has 0 bridgehead atoms. The first-order valence-corrected chi connectivity index (χ1v) is 7.87. The van der Waals surface area contributed by atoms with Crippen LogP contribution in [0, 0.1) is 13.8 Å². The van der Waals surface area contributed by atoms with Crippen molar-refractivity contribution in [1.82, 2.24) is 4.98 Å². The van der Waals surface area contributed by atoms with E-state index in [2.05, 4.69) is 67.4 Å². The molecular formula is C21H19NO2. The maximum atomic E-state index is 11.0. The van der Waals surface area contributed by atoms with E-state index in [4.69, 9.17) is 5.11 Å². The van der Waals surface area contributed by atoms with Crippen molar-refractivity contribution in [2.75, 3.05) is 0 Å². The maximum absolute atomic E-state index is 11.0. The van der Waals surface area contributed by atoms with E-state index in [-0.39, 0.29) is 11.6 Å². The SMILES string of the molecule is Cc1ccc(C(c2ccc(C)cc2)c2ccc(C(=O)O)nc2)cc1. The van der Waals surface area contributed by atoms with Gasteiger partial charge in [0.1, 0.15) is 5.69 Å². The quantitative estimate of drug-likeness (QED) is 0.766. The molecule has 3 rings (SSSR count). The lowest BCUT2D eigenvalue weighted by atomic mass is 9.85. The van der Waals surface area contributed by atoms with Gasteiger partial charge in [0.15, 0.2) is 0 Å². The lowest BCUT2D eigenvalue weighted by Gasteiger charge is -2.19. The summed E-state index contributed by atoms with van der Waals surface area (Å²) in [5, 5.41) is 9.05. The van der Waals surface area contributed by atoms with Crippen molar-refractivity contribution in [2.45, 2.75) is 19.8 Å². The molecule has 3 heteroatoms. The van der Waals surface area contributed by atoms with Crippen molar-refractivity contribution in [3.05, 3.63) is 100 Å². The van der Waals surface area contributed by atoms with Gasteiger partial charge in [0.25, 0.3) is 0 Å². The number of hydrogen-bond donors (Lipinski definition) is 1. The molecule has 2 aromatic carbocycles. The molecular weight excluding hydrogens is 298 g/mol. The minimum absolute atomic E-state index is 0.0292. The zero-order valence-electron chi connectivity index (χ0n) is 13.7. The Hall–Kier alpha value is -2.94. The van der Waals surface area contributed by atoms with Crippen LogP contribution in [0.25, 0.3) is 0 Å². The average Bonchev–Trinajstić information content (AvgIpc) is 2.59. The van der Waals surface area contributed by atoms with Crippen LogP contribution in [0.5, 0.6) is 0 Å². The van der Waals surface area contributed by atoms with Crippen molar-refractivity contribution in [3.8, 4) is 0 Å². The van der Waals surface area contributed by atoms with Gasteiger partial charge < -0.3 is 5.11 Å². The van der Waals surface area contributed by atoms with Gasteiger partial charge >= 0.3 is 5.97 Å². The lowest BCUT2D eigenvalue weighted by molar-refractivity contribution is 0.0690. The van der Waals surface area contributed by atoms with Crippen molar-refractivity contribution in [1.29, 1.82) is 0 Å². The Morgan fingerprint density at radius 3 is 1.62 bits per heavy atom. The molecule has 3 nitrogen and oxygen atoms in total. The third-order valence-electron chi connectivity index (χ3n) is 4.16. The summed E-state index contributed by atoms with van der Waals surface area (Å²) in [6, 6.07) is 20.2. The molecule has 0 spiro atoms. The Morgan fingerprint density at radius 2 is 1.25 bits per heavy atom. The minimum atomic E-state index is -1.01. The number of aromatic carboxylic acids is 1. The molecule has 0 radical (unpaired) electrons. The summed E-state index contributed by atoms with van der Waals surface area (Å²) in [6.07, 6.45) is 1.66. The number of benzene rings is 2. The van der Waals surface area contributed by atoms with E-state index < -0.39 is 5.97 Å². The highest BCUT2D eigenvalue weighted by molar-refractivity contribution is 5.85. The van der Waals surface area contributed by atoms with E-state index in [1.54, 1.807) is 12.3 Å². The summed E-state index contributed by atoms with van der Waals surface area (Å²) in [5.41, 5.74) is 5.78. The Labute approximate surface area is 141 Å². The Morgan fingerprint density at radius 1 is 0.792 bits per heavy atom. The summed E-state index contributed by atoms with van der Waals surface area (Å²) < 4.78 is 0. The molecule has 0 unspecified atom stereocenters. The number of carboxylic acids is 1. The molecule has 0 atom stereocenters. The van der Waals surface area contributed by atoms with Crippen LogP contribution in [0.1, 0.15) is 44.2 Å². The third kappa shape index (κ3) is 3.35.